The van der Waals surface area contributed by atoms with E-state index in [4.69, 9.17) is 14.2 Å². The van der Waals surface area contributed by atoms with E-state index in [0.717, 1.165) is 18.0 Å². The van der Waals surface area contributed by atoms with Gasteiger partial charge >= 0.3 is 18.0 Å². The van der Waals surface area contributed by atoms with Crippen LogP contribution in [0.3, 0.4) is 0 Å². The van der Waals surface area contributed by atoms with Crippen LogP contribution in [0, 0.1) is 5.92 Å². The van der Waals surface area contributed by atoms with E-state index in [1.165, 1.54) is 4.90 Å². The lowest BCUT2D eigenvalue weighted by Crippen LogP contribution is -2.49. The minimum Gasteiger partial charge on any atom is -0.464 e. The molecule has 1 N–H and O–H groups in total. The predicted octanol–water partition coefficient (Wildman–Crippen LogP) is 4.52. The van der Waals surface area contributed by atoms with Crippen LogP contribution in [0.2, 0.25) is 25.7 Å². The average Bonchev–Trinajstić information content (AvgIpc) is 3.09. The summed E-state index contributed by atoms with van der Waals surface area (Å²) < 4.78 is 16.3. The van der Waals surface area contributed by atoms with Gasteiger partial charge in [-0.05, 0) is 38.8 Å². The van der Waals surface area contributed by atoms with Crippen molar-refractivity contribution in [2.45, 2.75) is 96.9 Å². The van der Waals surface area contributed by atoms with Gasteiger partial charge in [0.15, 0.2) is 0 Å². The number of nitrogens with one attached hydrogen (secondary N) is 1. The minimum atomic E-state index is -1.47. The summed E-state index contributed by atoms with van der Waals surface area (Å²) in [6, 6.07) is 7.99. The molecule has 1 aliphatic heterocycles. The smallest absolute Gasteiger partial charge is 0.408 e. The first-order valence-electron chi connectivity index (χ1n) is 13.4. The molecule has 1 saturated heterocycles. The highest BCUT2D eigenvalue weighted by atomic mass is 28.3. The van der Waals surface area contributed by atoms with Crippen LogP contribution in [-0.2, 0) is 35.2 Å². The molecular formula is C28H44N2O7Si. The highest BCUT2D eigenvalue weighted by Crippen LogP contribution is 2.27. The first kappa shape index (κ1) is 31.3. The number of esters is 2. The van der Waals surface area contributed by atoms with Gasteiger partial charge in [0.2, 0.25) is 5.91 Å². The van der Waals surface area contributed by atoms with Gasteiger partial charge in [0.25, 0.3) is 0 Å². The van der Waals surface area contributed by atoms with Crippen LogP contribution in [0.4, 0.5) is 4.79 Å². The SMILES string of the molecule is CCC[C@@H]1CN([C@@H](CC(=O)OCc2ccccc2)C(=O)OCC[Si](C)(C)C)C(=O)[C@H]1NC(=O)OC(C)(C)C. The van der Waals surface area contributed by atoms with Crippen LogP contribution in [0.1, 0.15) is 52.5 Å². The van der Waals surface area contributed by atoms with Crippen LogP contribution in [-0.4, -0.2) is 67.7 Å². The molecule has 0 aromatic heterocycles. The lowest BCUT2D eigenvalue weighted by Gasteiger charge is -2.27. The Morgan fingerprint density at radius 1 is 1.11 bits per heavy atom. The highest BCUT2D eigenvalue weighted by molar-refractivity contribution is 6.76. The maximum atomic E-state index is 13.5. The van der Waals surface area contributed by atoms with Crippen molar-refractivity contribution in [1.82, 2.24) is 10.2 Å². The third kappa shape index (κ3) is 10.5. The van der Waals surface area contributed by atoms with Gasteiger partial charge in [0.1, 0.15) is 24.3 Å². The number of hydrogen-bond acceptors (Lipinski definition) is 7. The maximum absolute atomic E-state index is 13.5. The number of amides is 2. The van der Waals surface area contributed by atoms with E-state index in [0.29, 0.717) is 6.42 Å². The second-order valence-electron chi connectivity index (χ2n) is 12.0. The van der Waals surface area contributed by atoms with Gasteiger partial charge in [-0.1, -0.05) is 63.3 Å². The summed E-state index contributed by atoms with van der Waals surface area (Å²) in [7, 11) is -1.47. The Hall–Kier alpha value is -2.88. The fourth-order valence-electron chi connectivity index (χ4n) is 4.18. The van der Waals surface area contributed by atoms with E-state index in [-0.39, 0.29) is 32.1 Å². The normalized spacial score (nSPS) is 18.6. The van der Waals surface area contributed by atoms with E-state index < -0.39 is 49.7 Å². The quantitative estimate of drug-likeness (QED) is 0.232. The minimum absolute atomic E-state index is 0.0618. The van der Waals surface area contributed by atoms with Gasteiger partial charge in [-0.25, -0.2) is 9.59 Å². The predicted molar refractivity (Wildman–Crippen MR) is 147 cm³/mol. The van der Waals surface area contributed by atoms with Crippen molar-refractivity contribution in [2.24, 2.45) is 5.92 Å². The summed E-state index contributed by atoms with van der Waals surface area (Å²) in [4.78, 5) is 53.4. The van der Waals surface area contributed by atoms with Crippen molar-refractivity contribution >= 4 is 32.0 Å². The molecular weight excluding hydrogens is 504 g/mol. The van der Waals surface area contributed by atoms with E-state index >= 15 is 0 Å². The number of likely N-dealkylation sites (tertiary alicyclic amines) is 1. The zero-order valence-electron chi connectivity index (χ0n) is 23.9. The molecule has 2 rings (SSSR count). The fourth-order valence-corrected chi connectivity index (χ4v) is 4.90. The molecule has 0 radical (unpaired) electrons. The second kappa shape index (κ2) is 13.8. The molecule has 1 aliphatic rings. The molecule has 1 aromatic rings. The standard InChI is InChI=1S/C28H44N2O7Si/c1-8-12-21-18-30(25(32)24(21)29-27(34)37-28(2,3)4)22(26(33)35-15-16-38(5,6)7)17-23(31)36-19-20-13-10-9-11-14-20/h9-11,13-14,21-22,24H,8,12,15-19H2,1-7H3,(H,29,34)/t21-,22+,24+/m1/s1. The van der Waals surface area contributed by atoms with Gasteiger partial charge in [0.05, 0.1) is 13.0 Å². The van der Waals surface area contributed by atoms with E-state index in [9.17, 15) is 19.2 Å². The molecule has 9 nitrogen and oxygen atoms in total. The molecule has 1 fully saturated rings. The van der Waals surface area contributed by atoms with Crippen molar-refractivity contribution in [2.75, 3.05) is 13.2 Å². The lowest BCUT2D eigenvalue weighted by atomic mass is 9.98. The number of alkyl carbamates (subject to hydrolysis) is 1. The number of hydrogen-bond donors (Lipinski definition) is 1. The van der Waals surface area contributed by atoms with Crippen LogP contribution < -0.4 is 5.32 Å². The van der Waals surface area contributed by atoms with Crippen LogP contribution in [0.15, 0.2) is 30.3 Å². The summed E-state index contributed by atoms with van der Waals surface area (Å²) in [5.41, 5.74) is 0.0914. The molecule has 0 unspecified atom stereocenters. The molecule has 0 spiro atoms. The number of rotatable bonds is 12. The number of carbonyl (C=O) groups excluding carboxylic acids is 4. The molecule has 1 heterocycles. The van der Waals surface area contributed by atoms with Crippen molar-refractivity contribution in [1.29, 1.82) is 0 Å². The van der Waals surface area contributed by atoms with E-state index in [2.05, 4.69) is 25.0 Å². The molecule has 1 aromatic carbocycles. The Labute approximate surface area is 227 Å². The van der Waals surface area contributed by atoms with Gasteiger partial charge < -0.3 is 24.4 Å². The van der Waals surface area contributed by atoms with E-state index in [1.54, 1.807) is 20.8 Å². The Balaban J connectivity index is 2.20. The Morgan fingerprint density at radius 3 is 2.34 bits per heavy atom. The molecule has 0 saturated carbocycles. The van der Waals surface area contributed by atoms with Crippen molar-refractivity contribution in [3.63, 3.8) is 0 Å². The largest absolute Gasteiger partial charge is 0.464 e. The summed E-state index contributed by atoms with van der Waals surface area (Å²) in [5.74, 6) is -1.92. The number of ether oxygens (including phenoxy) is 3. The average molecular weight is 549 g/mol. The zero-order chi connectivity index (χ0) is 28.5. The first-order valence-corrected chi connectivity index (χ1v) is 17.1. The first-order chi connectivity index (χ1) is 17.7. The summed E-state index contributed by atoms with van der Waals surface area (Å²) >= 11 is 0. The van der Waals surface area contributed by atoms with Crippen molar-refractivity contribution in [3.8, 4) is 0 Å². The Bertz CT molecular complexity index is 956. The number of benzene rings is 1. The van der Waals surface area contributed by atoms with Gasteiger partial charge in [-0.2, -0.15) is 0 Å². The molecule has 212 valence electrons. The van der Waals surface area contributed by atoms with Gasteiger partial charge in [-0.15, -0.1) is 0 Å². The summed E-state index contributed by atoms with van der Waals surface area (Å²) in [6.07, 6.45) is 0.402. The fraction of sp³-hybridized carbons (Fsp3) is 0.643. The molecule has 10 heteroatoms. The third-order valence-electron chi connectivity index (χ3n) is 6.13. The third-order valence-corrected chi connectivity index (χ3v) is 7.83. The Morgan fingerprint density at radius 2 is 1.76 bits per heavy atom. The molecule has 2 amide bonds. The lowest BCUT2D eigenvalue weighted by molar-refractivity contribution is -0.159. The molecule has 3 atom stereocenters. The zero-order valence-corrected chi connectivity index (χ0v) is 24.9. The highest BCUT2D eigenvalue weighted by Gasteiger charge is 2.47. The summed E-state index contributed by atoms with van der Waals surface area (Å²) in [6.45, 7) is 14.2. The molecule has 0 bridgehead atoms. The number of nitrogens with zero attached hydrogens (tertiary/aromatic N) is 1. The monoisotopic (exact) mass is 548 g/mol. The summed E-state index contributed by atoms with van der Waals surface area (Å²) in [5, 5.41) is 2.69. The number of carbonyl (C=O) groups is 4. The topological polar surface area (TPSA) is 111 Å². The maximum Gasteiger partial charge on any atom is 0.408 e. The van der Waals surface area contributed by atoms with Crippen molar-refractivity contribution in [3.05, 3.63) is 35.9 Å². The van der Waals surface area contributed by atoms with Gasteiger partial charge in [0, 0.05) is 20.5 Å². The van der Waals surface area contributed by atoms with Crippen LogP contribution in [0.25, 0.3) is 0 Å². The second-order valence-corrected chi connectivity index (χ2v) is 17.6. The van der Waals surface area contributed by atoms with Crippen molar-refractivity contribution < 1.29 is 33.4 Å². The van der Waals surface area contributed by atoms with Gasteiger partial charge in [-0.3, -0.25) is 9.59 Å². The van der Waals surface area contributed by atoms with Crippen LogP contribution >= 0.6 is 0 Å². The van der Waals surface area contributed by atoms with Crippen LogP contribution in [0.5, 0.6) is 0 Å². The Kier molecular flexibility index (Phi) is 11.4. The van der Waals surface area contributed by atoms with E-state index in [1.807, 2.05) is 37.3 Å². The molecule has 38 heavy (non-hydrogen) atoms. The molecule has 0 aliphatic carbocycles.